The second-order valence-electron chi connectivity index (χ2n) is 5.39. The molecule has 14 heteroatoms. The molecule has 0 aliphatic rings. The van der Waals surface area contributed by atoms with Crippen LogP contribution in [0.2, 0.25) is 0 Å². The SMILES string of the molecule is CCOCCSN(CC(=O)NCC(=O)N[C@@H](CO)C(=O)OCC(Cl)(Cl)Cl)C(C)=O. The number of nitrogens with one attached hydrogen (secondary N) is 2. The zero-order valence-electron chi connectivity index (χ0n) is 15.9. The van der Waals surface area contributed by atoms with Crippen LogP contribution >= 0.6 is 46.8 Å². The van der Waals surface area contributed by atoms with Crippen LogP contribution in [-0.2, 0) is 28.7 Å². The predicted molar refractivity (Wildman–Crippen MR) is 110 cm³/mol. The highest BCUT2D eigenvalue weighted by molar-refractivity contribution is 7.97. The van der Waals surface area contributed by atoms with Crippen LogP contribution in [0.3, 0.4) is 0 Å². The summed E-state index contributed by atoms with van der Waals surface area (Å²) in [5, 5.41) is 13.7. The van der Waals surface area contributed by atoms with Crippen molar-refractivity contribution in [2.45, 2.75) is 23.7 Å². The average Bonchev–Trinajstić information content (AvgIpc) is 2.64. The lowest BCUT2D eigenvalue weighted by molar-refractivity contribution is -0.148. The van der Waals surface area contributed by atoms with E-state index >= 15 is 0 Å². The number of aliphatic hydroxyl groups is 1. The minimum atomic E-state index is -1.84. The van der Waals surface area contributed by atoms with Crippen molar-refractivity contribution in [1.82, 2.24) is 14.9 Å². The van der Waals surface area contributed by atoms with Gasteiger partial charge in [0.2, 0.25) is 21.5 Å². The molecule has 0 bridgehead atoms. The maximum absolute atomic E-state index is 11.9. The van der Waals surface area contributed by atoms with E-state index in [0.29, 0.717) is 19.0 Å². The summed E-state index contributed by atoms with van der Waals surface area (Å²) in [6.45, 7) is 2.04. The highest BCUT2D eigenvalue weighted by Crippen LogP contribution is 2.25. The Kier molecular flexibility index (Phi) is 14.4. The Hall–Kier alpha value is -0.980. The molecule has 168 valence electrons. The minimum absolute atomic E-state index is 0.270. The van der Waals surface area contributed by atoms with Gasteiger partial charge in [-0.25, -0.2) is 4.79 Å². The van der Waals surface area contributed by atoms with Gasteiger partial charge in [-0.15, -0.1) is 0 Å². The number of ether oxygens (including phenoxy) is 2. The van der Waals surface area contributed by atoms with E-state index in [1.54, 1.807) is 0 Å². The van der Waals surface area contributed by atoms with Crippen molar-refractivity contribution in [3.8, 4) is 0 Å². The molecule has 10 nitrogen and oxygen atoms in total. The highest BCUT2D eigenvalue weighted by Gasteiger charge is 2.27. The molecule has 0 radical (unpaired) electrons. The van der Waals surface area contributed by atoms with Gasteiger partial charge in [-0.3, -0.25) is 18.7 Å². The van der Waals surface area contributed by atoms with Crippen molar-refractivity contribution in [2.75, 3.05) is 45.3 Å². The number of esters is 1. The standard InChI is InChI=1S/C15H24Cl3N3O7S/c1-3-27-4-5-29-21(10(2)23)7-13(25)19-6-12(24)20-11(8-22)14(26)28-9-15(16,17)18/h11,22H,3-9H2,1-2H3,(H,19,25)(H,20,24)/t11-/m0/s1. The number of hydrogen-bond acceptors (Lipinski definition) is 8. The second kappa shape index (κ2) is 14.9. The molecule has 29 heavy (non-hydrogen) atoms. The molecule has 0 heterocycles. The molecule has 0 aliphatic carbocycles. The molecule has 3 amide bonds. The van der Waals surface area contributed by atoms with Crippen LogP contribution in [-0.4, -0.2) is 88.2 Å². The van der Waals surface area contributed by atoms with Gasteiger partial charge in [-0.2, -0.15) is 0 Å². The van der Waals surface area contributed by atoms with Crippen molar-refractivity contribution in [2.24, 2.45) is 0 Å². The number of nitrogens with zero attached hydrogens (tertiary/aromatic N) is 1. The van der Waals surface area contributed by atoms with Crippen LogP contribution in [0.25, 0.3) is 0 Å². The first-order valence-electron chi connectivity index (χ1n) is 8.39. The van der Waals surface area contributed by atoms with Crippen molar-refractivity contribution >= 4 is 70.4 Å². The van der Waals surface area contributed by atoms with E-state index < -0.39 is 47.4 Å². The third-order valence-corrected chi connectivity index (χ3v) is 4.32. The maximum Gasteiger partial charge on any atom is 0.331 e. The first-order valence-corrected chi connectivity index (χ1v) is 10.5. The molecule has 0 aliphatic heterocycles. The zero-order chi connectivity index (χ0) is 22.4. The summed E-state index contributed by atoms with van der Waals surface area (Å²) in [6, 6.07) is -1.39. The van der Waals surface area contributed by atoms with E-state index in [4.69, 9.17) is 39.5 Å². The number of amides is 3. The fraction of sp³-hybridized carbons (Fsp3) is 0.733. The molecular formula is C15H24Cl3N3O7S. The monoisotopic (exact) mass is 495 g/mol. The molecule has 0 saturated heterocycles. The van der Waals surface area contributed by atoms with Gasteiger partial charge in [-0.05, 0) is 18.9 Å². The van der Waals surface area contributed by atoms with Crippen molar-refractivity contribution < 1.29 is 33.8 Å². The Labute approximate surface area is 188 Å². The smallest absolute Gasteiger partial charge is 0.331 e. The molecule has 0 aromatic carbocycles. The zero-order valence-corrected chi connectivity index (χ0v) is 19.0. The lowest BCUT2D eigenvalue weighted by atomic mass is 10.3. The number of rotatable bonds is 13. The molecule has 0 unspecified atom stereocenters. The van der Waals surface area contributed by atoms with Crippen molar-refractivity contribution in [1.29, 1.82) is 0 Å². The van der Waals surface area contributed by atoms with Crippen LogP contribution in [0.5, 0.6) is 0 Å². The summed E-state index contributed by atoms with van der Waals surface area (Å²) >= 11 is 17.5. The summed E-state index contributed by atoms with van der Waals surface area (Å²) in [7, 11) is 0. The molecule has 0 spiro atoms. The van der Waals surface area contributed by atoms with E-state index in [0.717, 1.165) is 11.9 Å². The van der Waals surface area contributed by atoms with Gasteiger partial charge in [0, 0.05) is 19.3 Å². The van der Waals surface area contributed by atoms with Crippen molar-refractivity contribution in [3.05, 3.63) is 0 Å². The molecule has 0 saturated carbocycles. The summed E-state index contributed by atoms with van der Waals surface area (Å²) in [4.78, 5) is 47.1. The number of aliphatic hydroxyl groups excluding tert-OH is 1. The second-order valence-corrected chi connectivity index (χ2v) is 9.01. The number of carbonyl (C=O) groups is 4. The van der Waals surface area contributed by atoms with Gasteiger partial charge in [0.1, 0.15) is 13.2 Å². The van der Waals surface area contributed by atoms with E-state index in [-0.39, 0.29) is 12.5 Å². The molecule has 3 N–H and O–H groups in total. The van der Waals surface area contributed by atoms with Gasteiger partial charge < -0.3 is 25.2 Å². The summed E-state index contributed by atoms with van der Waals surface area (Å²) in [5.41, 5.74) is 0. The molecule has 0 aromatic heterocycles. The average molecular weight is 497 g/mol. The Morgan fingerprint density at radius 1 is 1.21 bits per heavy atom. The number of alkyl halides is 3. The maximum atomic E-state index is 11.9. The Morgan fingerprint density at radius 2 is 1.86 bits per heavy atom. The van der Waals surface area contributed by atoms with Gasteiger partial charge in [0.25, 0.3) is 0 Å². The van der Waals surface area contributed by atoms with E-state index in [1.807, 2.05) is 6.92 Å². The lowest BCUT2D eigenvalue weighted by Gasteiger charge is -2.19. The highest BCUT2D eigenvalue weighted by atomic mass is 35.6. The quantitative estimate of drug-likeness (QED) is 0.141. The predicted octanol–water partition coefficient (Wildman–Crippen LogP) is 0.0263. The summed E-state index contributed by atoms with van der Waals surface area (Å²) in [5.74, 6) is -2.20. The van der Waals surface area contributed by atoms with Gasteiger partial charge in [-0.1, -0.05) is 34.8 Å². The van der Waals surface area contributed by atoms with Crippen LogP contribution in [0, 0.1) is 0 Å². The molecule has 0 rings (SSSR count). The van der Waals surface area contributed by atoms with Crippen LogP contribution in [0.15, 0.2) is 0 Å². The third-order valence-electron chi connectivity index (χ3n) is 2.94. The van der Waals surface area contributed by atoms with Crippen LogP contribution in [0.1, 0.15) is 13.8 Å². The Morgan fingerprint density at radius 3 is 2.38 bits per heavy atom. The van der Waals surface area contributed by atoms with Gasteiger partial charge >= 0.3 is 5.97 Å². The number of carbonyl (C=O) groups excluding carboxylic acids is 4. The molecule has 1 atom stereocenters. The topological polar surface area (TPSA) is 134 Å². The largest absolute Gasteiger partial charge is 0.460 e. The van der Waals surface area contributed by atoms with Gasteiger partial charge in [0.05, 0.1) is 19.8 Å². The van der Waals surface area contributed by atoms with Crippen molar-refractivity contribution in [3.63, 3.8) is 0 Å². The Bertz CT molecular complexity index is 564. The summed E-state index contributed by atoms with van der Waals surface area (Å²) in [6.07, 6.45) is 0. The van der Waals surface area contributed by atoms with Gasteiger partial charge in [0.15, 0.2) is 6.04 Å². The third kappa shape index (κ3) is 14.6. The van der Waals surface area contributed by atoms with E-state index in [9.17, 15) is 24.3 Å². The minimum Gasteiger partial charge on any atom is -0.460 e. The first kappa shape index (κ1) is 28.0. The normalized spacial score (nSPS) is 12.1. The van der Waals surface area contributed by atoms with Crippen LogP contribution in [0.4, 0.5) is 0 Å². The van der Waals surface area contributed by atoms with E-state index in [2.05, 4.69) is 15.4 Å². The Balaban J connectivity index is 4.39. The first-order chi connectivity index (χ1) is 13.5. The van der Waals surface area contributed by atoms with Crippen LogP contribution < -0.4 is 10.6 Å². The van der Waals surface area contributed by atoms with E-state index in [1.165, 1.54) is 11.2 Å². The fourth-order valence-electron chi connectivity index (χ4n) is 1.64. The number of hydrogen-bond donors (Lipinski definition) is 3. The summed E-state index contributed by atoms with van der Waals surface area (Å²) < 4.78 is 9.22. The molecular weight excluding hydrogens is 473 g/mol. The lowest BCUT2D eigenvalue weighted by Crippen LogP contribution is -2.49. The molecule has 0 fully saturated rings. The fourth-order valence-corrected chi connectivity index (χ4v) is 2.61. The number of halogens is 3. The molecule has 0 aromatic rings.